The summed E-state index contributed by atoms with van der Waals surface area (Å²) >= 11 is 0. The standard InChI is InChI=1S/C10H11NO3/c1-2-14-10(13)7-11-8-3-5-9(12)6-4-8/h3-7,12H,2H2,1H3/b11-7+. The van der Waals surface area contributed by atoms with Gasteiger partial charge in [-0.25, -0.2) is 9.79 Å². The Morgan fingerprint density at radius 1 is 1.50 bits per heavy atom. The van der Waals surface area contributed by atoms with Gasteiger partial charge >= 0.3 is 5.97 Å². The van der Waals surface area contributed by atoms with Crippen molar-refractivity contribution in [2.24, 2.45) is 4.99 Å². The van der Waals surface area contributed by atoms with Crippen LogP contribution in [0.1, 0.15) is 6.92 Å². The summed E-state index contributed by atoms with van der Waals surface area (Å²) in [5.41, 5.74) is 0.593. The minimum absolute atomic E-state index is 0.167. The van der Waals surface area contributed by atoms with Gasteiger partial charge < -0.3 is 9.84 Å². The van der Waals surface area contributed by atoms with Crippen LogP contribution in [0, 0.1) is 0 Å². The lowest BCUT2D eigenvalue weighted by atomic mass is 10.3. The fourth-order valence-electron chi connectivity index (χ4n) is 0.845. The first kappa shape index (κ1) is 10.2. The second-order valence-electron chi connectivity index (χ2n) is 2.53. The van der Waals surface area contributed by atoms with Crippen molar-refractivity contribution in [1.82, 2.24) is 0 Å². The molecule has 4 heteroatoms. The van der Waals surface area contributed by atoms with Crippen molar-refractivity contribution in [2.45, 2.75) is 6.92 Å². The minimum Gasteiger partial charge on any atom is -0.508 e. The number of hydrogen-bond donors (Lipinski definition) is 1. The number of carbonyl (C=O) groups is 1. The summed E-state index contributed by atoms with van der Waals surface area (Å²) in [6, 6.07) is 6.20. The van der Waals surface area contributed by atoms with E-state index in [0.29, 0.717) is 12.3 Å². The number of phenols is 1. The highest BCUT2D eigenvalue weighted by atomic mass is 16.5. The molecule has 0 aromatic heterocycles. The third kappa shape index (κ3) is 3.26. The lowest BCUT2D eigenvalue weighted by Gasteiger charge is -1.95. The second-order valence-corrected chi connectivity index (χ2v) is 2.53. The number of aliphatic imine (C=N–C) groups is 1. The summed E-state index contributed by atoms with van der Waals surface area (Å²) in [5.74, 6) is -0.305. The molecular weight excluding hydrogens is 182 g/mol. The molecule has 1 N–H and O–H groups in total. The SMILES string of the molecule is CCOC(=O)/C=N/c1ccc(O)cc1. The van der Waals surface area contributed by atoms with Gasteiger partial charge in [0.1, 0.15) is 12.0 Å². The van der Waals surface area contributed by atoms with Crippen LogP contribution in [0.25, 0.3) is 0 Å². The van der Waals surface area contributed by atoms with Gasteiger partial charge in [-0.3, -0.25) is 0 Å². The summed E-state index contributed by atoms with van der Waals surface area (Å²) in [6.07, 6.45) is 1.11. The first-order valence-electron chi connectivity index (χ1n) is 4.22. The van der Waals surface area contributed by atoms with Crippen molar-refractivity contribution in [2.75, 3.05) is 6.61 Å². The zero-order valence-electron chi connectivity index (χ0n) is 7.80. The maximum absolute atomic E-state index is 10.9. The Kier molecular flexibility index (Phi) is 3.67. The van der Waals surface area contributed by atoms with Gasteiger partial charge in [0, 0.05) is 0 Å². The summed E-state index contributed by atoms with van der Waals surface area (Å²) in [5, 5.41) is 8.97. The van der Waals surface area contributed by atoms with Gasteiger partial charge in [-0.2, -0.15) is 0 Å². The lowest BCUT2D eigenvalue weighted by molar-refractivity contribution is -0.134. The molecule has 0 saturated heterocycles. The number of rotatable bonds is 3. The molecule has 14 heavy (non-hydrogen) atoms. The van der Waals surface area contributed by atoms with E-state index >= 15 is 0 Å². The first-order valence-corrected chi connectivity index (χ1v) is 4.22. The fraction of sp³-hybridized carbons (Fsp3) is 0.200. The number of benzene rings is 1. The van der Waals surface area contributed by atoms with Crippen molar-refractivity contribution in [3.63, 3.8) is 0 Å². The van der Waals surface area contributed by atoms with E-state index in [0.717, 1.165) is 6.21 Å². The number of aromatic hydroxyl groups is 1. The van der Waals surface area contributed by atoms with Crippen molar-refractivity contribution in [3.05, 3.63) is 24.3 Å². The molecule has 0 aliphatic heterocycles. The average molecular weight is 193 g/mol. The van der Waals surface area contributed by atoms with Gasteiger partial charge in [0.15, 0.2) is 0 Å². The van der Waals surface area contributed by atoms with Gasteiger partial charge in [0.25, 0.3) is 0 Å². The zero-order chi connectivity index (χ0) is 10.4. The molecule has 0 aliphatic carbocycles. The smallest absolute Gasteiger partial charge is 0.349 e. The van der Waals surface area contributed by atoms with Gasteiger partial charge in [-0.1, -0.05) is 0 Å². The molecular formula is C10H11NO3. The van der Waals surface area contributed by atoms with E-state index in [-0.39, 0.29) is 5.75 Å². The third-order valence-electron chi connectivity index (χ3n) is 1.46. The van der Waals surface area contributed by atoms with Crippen LogP contribution in [0.3, 0.4) is 0 Å². The molecule has 0 amide bonds. The molecule has 0 bridgehead atoms. The highest BCUT2D eigenvalue weighted by Crippen LogP contribution is 2.15. The lowest BCUT2D eigenvalue weighted by Crippen LogP contribution is -2.04. The Hall–Kier alpha value is -1.84. The molecule has 0 saturated carbocycles. The van der Waals surface area contributed by atoms with Gasteiger partial charge in [-0.15, -0.1) is 0 Å². The predicted octanol–water partition coefficient (Wildman–Crippen LogP) is 1.66. The molecule has 4 nitrogen and oxygen atoms in total. The van der Waals surface area contributed by atoms with Crippen LogP contribution >= 0.6 is 0 Å². The fourth-order valence-corrected chi connectivity index (χ4v) is 0.845. The van der Waals surface area contributed by atoms with E-state index in [1.54, 1.807) is 19.1 Å². The van der Waals surface area contributed by atoms with E-state index in [2.05, 4.69) is 9.73 Å². The van der Waals surface area contributed by atoms with Crippen LogP contribution in [0.5, 0.6) is 5.75 Å². The maximum Gasteiger partial charge on any atom is 0.349 e. The molecule has 1 aromatic rings. The van der Waals surface area contributed by atoms with Crippen LogP contribution in [0.4, 0.5) is 5.69 Å². The van der Waals surface area contributed by atoms with Gasteiger partial charge in [-0.05, 0) is 31.2 Å². The molecule has 0 aliphatic rings. The Bertz CT molecular complexity index is 330. The molecule has 0 fully saturated rings. The number of phenolic OH excluding ortho intramolecular Hbond substituents is 1. The third-order valence-corrected chi connectivity index (χ3v) is 1.46. The molecule has 74 valence electrons. The van der Waals surface area contributed by atoms with Gasteiger partial charge in [0.05, 0.1) is 12.3 Å². The van der Waals surface area contributed by atoms with Crippen LogP contribution in [0.15, 0.2) is 29.3 Å². The summed E-state index contributed by atoms with van der Waals surface area (Å²) < 4.78 is 4.65. The molecule has 1 rings (SSSR count). The van der Waals surface area contributed by atoms with E-state index < -0.39 is 5.97 Å². The second kappa shape index (κ2) is 5.01. The number of nitrogens with zero attached hydrogens (tertiary/aromatic N) is 1. The Morgan fingerprint density at radius 2 is 2.14 bits per heavy atom. The number of carbonyl (C=O) groups excluding carboxylic acids is 1. The maximum atomic E-state index is 10.9. The van der Waals surface area contributed by atoms with Crippen molar-refractivity contribution >= 4 is 17.9 Å². The summed E-state index contributed by atoms with van der Waals surface area (Å²) in [4.78, 5) is 14.7. The van der Waals surface area contributed by atoms with Gasteiger partial charge in [0.2, 0.25) is 0 Å². The van der Waals surface area contributed by atoms with E-state index in [9.17, 15) is 4.79 Å². The zero-order valence-corrected chi connectivity index (χ0v) is 7.80. The van der Waals surface area contributed by atoms with Crippen LogP contribution < -0.4 is 0 Å². The van der Waals surface area contributed by atoms with Crippen LogP contribution in [0.2, 0.25) is 0 Å². The molecule has 0 radical (unpaired) electrons. The highest BCUT2D eigenvalue weighted by Gasteiger charge is 1.94. The van der Waals surface area contributed by atoms with Crippen LogP contribution in [-0.2, 0) is 9.53 Å². The van der Waals surface area contributed by atoms with E-state index in [4.69, 9.17) is 5.11 Å². The normalized spacial score (nSPS) is 10.4. The quantitative estimate of drug-likeness (QED) is 0.586. The molecule has 0 atom stereocenters. The molecule has 0 spiro atoms. The van der Waals surface area contributed by atoms with Crippen molar-refractivity contribution in [3.8, 4) is 5.75 Å². The summed E-state index contributed by atoms with van der Waals surface area (Å²) in [7, 11) is 0. The van der Waals surface area contributed by atoms with Crippen LogP contribution in [-0.4, -0.2) is 23.9 Å². The minimum atomic E-state index is -0.472. The molecule has 0 unspecified atom stereocenters. The largest absolute Gasteiger partial charge is 0.508 e. The van der Waals surface area contributed by atoms with Crippen molar-refractivity contribution in [1.29, 1.82) is 0 Å². The first-order chi connectivity index (χ1) is 6.72. The topological polar surface area (TPSA) is 58.9 Å². The number of ether oxygens (including phenoxy) is 1. The monoisotopic (exact) mass is 193 g/mol. The average Bonchev–Trinajstić information content (AvgIpc) is 2.17. The Labute approximate surface area is 81.9 Å². The Morgan fingerprint density at radius 3 is 2.71 bits per heavy atom. The molecule has 0 heterocycles. The van der Waals surface area contributed by atoms with E-state index in [1.165, 1.54) is 12.1 Å². The number of hydrogen-bond acceptors (Lipinski definition) is 4. The summed E-state index contributed by atoms with van der Waals surface area (Å²) in [6.45, 7) is 2.06. The Balaban J connectivity index is 2.60. The van der Waals surface area contributed by atoms with E-state index in [1.807, 2.05) is 0 Å². The molecule has 1 aromatic carbocycles. The number of esters is 1. The predicted molar refractivity (Wildman–Crippen MR) is 52.9 cm³/mol. The van der Waals surface area contributed by atoms with Crippen molar-refractivity contribution < 1.29 is 14.6 Å². The highest BCUT2D eigenvalue weighted by molar-refractivity contribution is 6.23.